The Morgan fingerprint density at radius 1 is 1.42 bits per heavy atom. The molecule has 0 radical (unpaired) electrons. The van der Waals surface area contributed by atoms with E-state index in [0.29, 0.717) is 24.8 Å². The molecule has 1 aromatic carbocycles. The molecule has 134 valence electrons. The standard InChI is InChI=1S/C13H19N3O6S2/c1-9(23(14,19)20)3-2-4-10-5-6-11(12(17)7-10)16-8-13(18)15-24(16,21)22/h5-7,9,17H,2-4,8H2,1H3,(H,15,18)(H2,14,19,20). The summed E-state index contributed by atoms with van der Waals surface area (Å²) < 4.78 is 48.4. The van der Waals surface area contributed by atoms with Gasteiger partial charge < -0.3 is 5.11 Å². The number of rotatable bonds is 6. The molecule has 1 saturated heterocycles. The predicted octanol–water partition coefficient (Wildman–Crippen LogP) is -0.427. The Hall–Kier alpha value is -1.85. The molecule has 1 amide bonds. The summed E-state index contributed by atoms with van der Waals surface area (Å²) in [6.45, 7) is 1.14. The van der Waals surface area contributed by atoms with Crippen LogP contribution < -0.4 is 14.2 Å². The summed E-state index contributed by atoms with van der Waals surface area (Å²) in [7, 11) is -7.54. The summed E-state index contributed by atoms with van der Waals surface area (Å²) in [6.07, 6.45) is 1.41. The third kappa shape index (κ3) is 4.16. The van der Waals surface area contributed by atoms with Gasteiger partial charge in [0.2, 0.25) is 10.0 Å². The van der Waals surface area contributed by atoms with Crippen molar-refractivity contribution >= 4 is 31.8 Å². The number of carbonyl (C=O) groups excluding carboxylic acids is 1. The van der Waals surface area contributed by atoms with E-state index in [4.69, 9.17) is 5.14 Å². The van der Waals surface area contributed by atoms with Gasteiger partial charge in [-0.15, -0.1) is 0 Å². The van der Waals surface area contributed by atoms with Crippen LogP contribution in [0.4, 0.5) is 5.69 Å². The van der Waals surface area contributed by atoms with Gasteiger partial charge in [0.25, 0.3) is 5.91 Å². The van der Waals surface area contributed by atoms with Crippen LogP contribution in [0.1, 0.15) is 25.3 Å². The molecular weight excluding hydrogens is 358 g/mol. The molecule has 1 fully saturated rings. The minimum absolute atomic E-state index is 0.00926. The van der Waals surface area contributed by atoms with E-state index in [2.05, 4.69) is 0 Å². The lowest BCUT2D eigenvalue weighted by Crippen LogP contribution is -2.29. The summed E-state index contributed by atoms with van der Waals surface area (Å²) in [5.74, 6) is -0.942. The Labute approximate surface area is 140 Å². The highest BCUT2D eigenvalue weighted by Gasteiger charge is 2.35. The maximum atomic E-state index is 11.8. The van der Waals surface area contributed by atoms with Crippen molar-refractivity contribution in [1.29, 1.82) is 0 Å². The lowest BCUT2D eigenvalue weighted by atomic mass is 10.1. The number of hydrogen-bond donors (Lipinski definition) is 3. The molecule has 1 aliphatic heterocycles. The Bertz CT molecular complexity index is 850. The second-order valence-corrected chi connectivity index (χ2v) is 9.23. The van der Waals surface area contributed by atoms with Crippen molar-refractivity contribution in [3.63, 3.8) is 0 Å². The van der Waals surface area contributed by atoms with Crippen molar-refractivity contribution in [2.45, 2.75) is 31.4 Å². The minimum Gasteiger partial charge on any atom is -0.506 e. The topological polar surface area (TPSA) is 147 Å². The van der Waals surface area contributed by atoms with Crippen LogP contribution in [0.25, 0.3) is 0 Å². The molecule has 0 saturated carbocycles. The number of benzene rings is 1. The van der Waals surface area contributed by atoms with Crippen LogP contribution in [0.15, 0.2) is 18.2 Å². The van der Waals surface area contributed by atoms with Gasteiger partial charge in [0, 0.05) is 0 Å². The third-order valence-electron chi connectivity index (χ3n) is 3.77. The van der Waals surface area contributed by atoms with E-state index in [1.807, 2.05) is 4.72 Å². The monoisotopic (exact) mass is 377 g/mol. The molecule has 1 aromatic rings. The average Bonchev–Trinajstić information content (AvgIpc) is 2.70. The normalized spacial score (nSPS) is 18.4. The summed E-state index contributed by atoms with van der Waals surface area (Å²) in [5.41, 5.74) is 0.726. The van der Waals surface area contributed by atoms with Crippen LogP contribution in [0.3, 0.4) is 0 Å². The zero-order valence-electron chi connectivity index (χ0n) is 13.0. The molecule has 1 aliphatic rings. The number of nitrogens with two attached hydrogens (primary N) is 1. The van der Waals surface area contributed by atoms with E-state index in [-0.39, 0.29) is 18.0 Å². The Morgan fingerprint density at radius 2 is 2.08 bits per heavy atom. The third-order valence-corrected chi connectivity index (χ3v) is 6.51. The number of aromatic hydroxyl groups is 1. The fourth-order valence-electron chi connectivity index (χ4n) is 2.35. The molecular formula is C13H19N3O6S2. The van der Waals surface area contributed by atoms with Gasteiger partial charge in [-0.25, -0.2) is 22.6 Å². The Kier molecular flexibility index (Phi) is 5.06. The van der Waals surface area contributed by atoms with E-state index in [0.717, 1.165) is 4.31 Å². The van der Waals surface area contributed by atoms with Gasteiger partial charge in [-0.05, 0) is 43.9 Å². The van der Waals surface area contributed by atoms with E-state index in [9.17, 15) is 26.7 Å². The molecule has 1 heterocycles. The van der Waals surface area contributed by atoms with E-state index >= 15 is 0 Å². The summed E-state index contributed by atoms with van der Waals surface area (Å²) >= 11 is 0. The number of phenols is 1. The Morgan fingerprint density at radius 3 is 2.58 bits per heavy atom. The van der Waals surface area contributed by atoms with Gasteiger partial charge in [-0.3, -0.25) is 4.79 Å². The number of sulfonamides is 1. The van der Waals surface area contributed by atoms with Crippen LogP contribution in [-0.4, -0.2) is 39.6 Å². The molecule has 0 spiro atoms. The number of aryl methyl sites for hydroxylation is 1. The molecule has 11 heteroatoms. The van der Waals surface area contributed by atoms with Gasteiger partial charge in [0.1, 0.15) is 12.3 Å². The molecule has 2 rings (SSSR count). The van der Waals surface area contributed by atoms with E-state index in [1.165, 1.54) is 19.1 Å². The smallest absolute Gasteiger partial charge is 0.326 e. The predicted molar refractivity (Wildman–Crippen MR) is 88.0 cm³/mol. The van der Waals surface area contributed by atoms with Crippen LogP contribution in [0.5, 0.6) is 5.75 Å². The highest BCUT2D eigenvalue weighted by Crippen LogP contribution is 2.31. The highest BCUT2D eigenvalue weighted by molar-refractivity contribution is 7.92. The number of amides is 1. The fraction of sp³-hybridized carbons (Fsp3) is 0.462. The molecule has 0 bridgehead atoms. The van der Waals surface area contributed by atoms with Crippen molar-refractivity contribution in [3.05, 3.63) is 23.8 Å². The van der Waals surface area contributed by atoms with Crippen LogP contribution >= 0.6 is 0 Å². The number of nitrogens with zero attached hydrogens (tertiary/aromatic N) is 1. The Balaban J connectivity index is 2.07. The lowest BCUT2D eigenvalue weighted by Gasteiger charge is -2.16. The van der Waals surface area contributed by atoms with Crippen LogP contribution in [0, 0.1) is 0 Å². The van der Waals surface area contributed by atoms with Crippen molar-refractivity contribution < 1.29 is 26.7 Å². The van der Waals surface area contributed by atoms with Crippen LogP contribution in [0.2, 0.25) is 0 Å². The zero-order valence-corrected chi connectivity index (χ0v) is 14.6. The molecule has 1 atom stereocenters. The fourth-order valence-corrected chi connectivity index (χ4v) is 4.01. The number of hydrogen-bond acceptors (Lipinski definition) is 6. The van der Waals surface area contributed by atoms with Crippen molar-refractivity contribution in [2.75, 3.05) is 10.8 Å². The SMILES string of the molecule is CC(CCCc1ccc(N2CC(=O)NS2(=O)=O)c(O)c1)S(N)(=O)=O. The molecule has 0 aromatic heterocycles. The first-order chi connectivity index (χ1) is 11.0. The first kappa shape index (κ1) is 18.5. The summed E-state index contributed by atoms with van der Waals surface area (Å²) in [6, 6.07) is 4.43. The first-order valence-electron chi connectivity index (χ1n) is 7.17. The molecule has 1 unspecified atom stereocenters. The molecule has 9 nitrogen and oxygen atoms in total. The van der Waals surface area contributed by atoms with Crippen molar-refractivity contribution in [3.8, 4) is 5.75 Å². The maximum absolute atomic E-state index is 11.8. The average molecular weight is 377 g/mol. The van der Waals surface area contributed by atoms with E-state index in [1.54, 1.807) is 6.07 Å². The first-order valence-corrected chi connectivity index (χ1v) is 10.2. The van der Waals surface area contributed by atoms with Gasteiger partial charge in [0.15, 0.2) is 0 Å². The highest BCUT2D eigenvalue weighted by atomic mass is 32.2. The van der Waals surface area contributed by atoms with Crippen molar-refractivity contribution in [2.24, 2.45) is 5.14 Å². The molecule has 0 aliphatic carbocycles. The maximum Gasteiger partial charge on any atom is 0.326 e. The van der Waals surface area contributed by atoms with Crippen LogP contribution in [-0.2, 0) is 31.4 Å². The number of primary sulfonamides is 1. The summed E-state index contributed by atoms with van der Waals surface area (Å²) in [4.78, 5) is 11.2. The quantitative estimate of drug-likeness (QED) is 0.613. The summed E-state index contributed by atoms with van der Waals surface area (Å²) in [5, 5.41) is 14.4. The molecule has 24 heavy (non-hydrogen) atoms. The molecule has 4 N–H and O–H groups in total. The second kappa shape index (κ2) is 6.57. The number of phenolic OH excluding ortho intramolecular Hbond substituents is 1. The lowest BCUT2D eigenvalue weighted by molar-refractivity contribution is -0.117. The second-order valence-electron chi connectivity index (χ2n) is 5.65. The largest absolute Gasteiger partial charge is 0.506 e. The number of nitrogens with one attached hydrogen (secondary N) is 1. The van der Waals surface area contributed by atoms with Gasteiger partial charge in [-0.1, -0.05) is 6.07 Å². The number of carbonyl (C=O) groups is 1. The zero-order chi connectivity index (χ0) is 18.1. The van der Waals surface area contributed by atoms with Gasteiger partial charge in [-0.2, -0.15) is 8.42 Å². The number of anilines is 1. The van der Waals surface area contributed by atoms with E-state index < -0.39 is 31.4 Å². The van der Waals surface area contributed by atoms with Gasteiger partial charge >= 0.3 is 10.2 Å². The minimum atomic E-state index is -3.98. The van der Waals surface area contributed by atoms with Gasteiger partial charge in [0.05, 0.1) is 10.9 Å². The van der Waals surface area contributed by atoms with Crippen molar-refractivity contribution in [1.82, 2.24) is 4.72 Å².